The summed E-state index contributed by atoms with van der Waals surface area (Å²) < 4.78 is 5.39. The lowest BCUT2D eigenvalue weighted by Crippen LogP contribution is -2.55. The molecule has 1 N–H and O–H groups in total. The van der Waals surface area contributed by atoms with E-state index in [4.69, 9.17) is 4.74 Å². The van der Waals surface area contributed by atoms with Crippen molar-refractivity contribution in [3.63, 3.8) is 0 Å². The molecule has 1 aromatic carbocycles. The minimum atomic E-state index is -0.176. The highest BCUT2D eigenvalue weighted by Gasteiger charge is 2.30. The number of para-hydroxylation sites is 2. The van der Waals surface area contributed by atoms with Gasteiger partial charge in [0.1, 0.15) is 12.3 Å². The smallest absolute Gasteiger partial charge is 0.265 e. The summed E-state index contributed by atoms with van der Waals surface area (Å²) in [6.07, 6.45) is 0. The Labute approximate surface area is 135 Å². The number of carbonyl (C=O) groups excluding carboxylic acids is 2. The quantitative estimate of drug-likeness (QED) is 0.867. The zero-order chi connectivity index (χ0) is 14.8. The first-order chi connectivity index (χ1) is 10.2. The van der Waals surface area contributed by atoms with Gasteiger partial charge in [-0.25, -0.2) is 0 Å². The molecule has 0 aliphatic carbocycles. The second kappa shape index (κ2) is 6.98. The lowest BCUT2D eigenvalue weighted by Gasteiger charge is -2.36. The van der Waals surface area contributed by atoms with Crippen molar-refractivity contribution < 1.29 is 14.3 Å². The predicted octanol–water partition coefficient (Wildman–Crippen LogP) is 0.654. The average molecular weight is 326 g/mol. The molecule has 0 bridgehead atoms. The molecule has 0 saturated carbocycles. The lowest BCUT2D eigenvalue weighted by molar-refractivity contribution is -0.134. The van der Waals surface area contributed by atoms with Crippen LogP contribution in [0, 0.1) is 0 Å². The first-order valence-corrected chi connectivity index (χ1v) is 7.19. The van der Waals surface area contributed by atoms with Crippen LogP contribution in [0.3, 0.4) is 0 Å². The maximum Gasteiger partial charge on any atom is 0.265 e. The molecule has 1 aromatic rings. The van der Waals surface area contributed by atoms with Crippen molar-refractivity contribution in [2.75, 3.05) is 37.7 Å². The molecule has 0 unspecified atom stereocenters. The van der Waals surface area contributed by atoms with Crippen LogP contribution >= 0.6 is 12.4 Å². The zero-order valence-corrected chi connectivity index (χ0v) is 13.3. The molecule has 1 atom stereocenters. The number of rotatable bonds is 2. The SMILES string of the molecule is C[C@H]1CNCCN1C(=O)CN1C(=O)COc2ccccc21.Cl. The van der Waals surface area contributed by atoms with Gasteiger partial charge in [0.25, 0.3) is 5.91 Å². The number of fused-ring (bicyclic) bond motifs is 1. The van der Waals surface area contributed by atoms with Crippen molar-refractivity contribution in [1.82, 2.24) is 10.2 Å². The van der Waals surface area contributed by atoms with Crippen LogP contribution < -0.4 is 15.0 Å². The van der Waals surface area contributed by atoms with E-state index in [1.165, 1.54) is 4.90 Å². The fraction of sp³-hybridized carbons (Fsp3) is 0.467. The van der Waals surface area contributed by atoms with Crippen LogP contribution in [-0.4, -0.2) is 55.5 Å². The molecule has 22 heavy (non-hydrogen) atoms. The van der Waals surface area contributed by atoms with Crippen molar-refractivity contribution >= 4 is 29.9 Å². The number of hydrogen-bond donors (Lipinski definition) is 1. The van der Waals surface area contributed by atoms with Crippen LogP contribution in [0.15, 0.2) is 24.3 Å². The van der Waals surface area contributed by atoms with E-state index in [0.717, 1.165) is 13.1 Å². The number of carbonyl (C=O) groups is 2. The molecule has 2 heterocycles. The summed E-state index contributed by atoms with van der Waals surface area (Å²) in [7, 11) is 0. The minimum Gasteiger partial charge on any atom is -0.482 e. The zero-order valence-electron chi connectivity index (χ0n) is 12.4. The number of nitrogens with zero attached hydrogens (tertiary/aromatic N) is 2. The highest BCUT2D eigenvalue weighted by atomic mass is 35.5. The van der Waals surface area contributed by atoms with Gasteiger partial charge in [-0.15, -0.1) is 12.4 Å². The molecule has 2 amide bonds. The second-order valence-corrected chi connectivity index (χ2v) is 5.38. The van der Waals surface area contributed by atoms with Crippen LogP contribution in [0.5, 0.6) is 5.75 Å². The molecule has 1 saturated heterocycles. The number of nitrogens with one attached hydrogen (secondary N) is 1. The predicted molar refractivity (Wildman–Crippen MR) is 85.6 cm³/mol. The van der Waals surface area contributed by atoms with E-state index in [2.05, 4.69) is 5.32 Å². The molecule has 2 aliphatic heterocycles. The number of ether oxygens (including phenoxy) is 1. The van der Waals surface area contributed by atoms with Crippen LogP contribution in [0.2, 0.25) is 0 Å². The van der Waals surface area contributed by atoms with Gasteiger partial charge in [0.2, 0.25) is 5.91 Å². The summed E-state index contributed by atoms with van der Waals surface area (Å²) in [5, 5.41) is 3.25. The van der Waals surface area contributed by atoms with Crippen LogP contribution in [0.25, 0.3) is 0 Å². The summed E-state index contributed by atoms with van der Waals surface area (Å²) >= 11 is 0. The van der Waals surface area contributed by atoms with Gasteiger partial charge in [-0.2, -0.15) is 0 Å². The molecule has 3 rings (SSSR count). The van der Waals surface area contributed by atoms with Crippen LogP contribution in [0.1, 0.15) is 6.92 Å². The summed E-state index contributed by atoms with van der Waals surface area (Å²) in [5.74, 6) is 0.456. The van der Waals surface area contributed by atoms with Crippen LogP contribution in [-0.2, 0) is 9.59 Å². The largest absolute Gasteiger partial charge is 0.482 e. The molecular weight excluding hydrogens is 306 g/mol. The Bertz CT molecular complexity index is 567. The van der Waals surface area contributed by atoms with E-state index in [-0.39, 0.29) is 43.4 Å². The molecule has 1 fully saturated rings. The maximum atomic E-state index is 12.5. The van der Waals surface area contributed by atoms with Gasteiger partial charge < -0.3 is 15.0 Å². The first kappa shape index (κ1) is 16.6. The Balaban J connectivity index is 0.00000176. The second-order valence-electron chi connectivity index (χ2n) is 5.38. The highest BCUT2D eigenvalue weighted by Crippen LogP contribution is 2.31. The molecule has 7 heteroatoms. The Morgan fingerprint density at radius 2 is 2.18 bits per heavy atom. The molecular formula is C15H20ClN3O3. The van der Waals surface area contributed by atoms with Crippen molar-refractivity contribution in [3.8, 4) is 5.75 Å². The standard InChI is InChI=1S/C15H19N3O3.ClH/c1-11-8-16-6-7-17(11)14(19)9-18-12-4-2-3-5-13(12)21-10-15(18)20;/h2-5,11,16H,6-10H2,1H3;1H/t11-;/m0./s1. The van der Waals surface area contributed by atoms with E-state index in [1.807, 2.05) is 30.0 Å². The summed E-state index contributed by atoms with van der Waals surface area (Å²) in [6.45, 7) is 4.34. The Morgan fingerprint density at radius 3 is 2.95 bits per heavy atom. The summed E-state index contributed by atoms with van der Waals surface area (Å²) in [4.78, 5) is 27.9. The molecule has 2 aliphatic rings. The van der Waals surface area contributed by atoms with Crippen molar-refractivity contribution in [1.29, 1.82) is 0 Å². The molecule has 120 valence electrons. The minimum absolute atomic E-state index is 0. The summed E-state index contributed by atoms with van der Waals surface area (Å²) in [6, 6.07) is 7.46. The Hall–Kier alpha value is -1.79. The normalized spacial score (nSPS) is 20.8. The van der Waals surface area contributed by atoms with E-state index < -0.39 is 0 Å². The number of anilines is 1. The number of halogens is 1. The number of hydrogen-bond acceptors (Lipinski definition) is 4. The van der Waals surface area contributed by atoms with E-state index in [0.29, 0.717) is 18.0 Å². The lowest BCUT2D eigenvalue weighted by atomic mass is 10.2. The average Bonchev–Trinajstić information content (AvgIpc) is 2.50. The van der Waals surface area contributed by atoms with E-state index in [9.17, 15) is 9.59 Å². The molecule has 0 aromatic heterocycles. The van der Waals surface area contributed by atoms with Crippen molar-refractivity contribution in [2.24, 2.45) is 0 Å². The van der Waals surface area contributed by atoms with Crippen molar-refractivity contribution in [3.05, 3.63) is 24.3 Å². The van der Waals surface area contributed by atoms with Gasteiger partial charge in [0.05, 0.1) is 5.69 Å². The maximum absolute atomic E-state index is 12.5. The van der Waals surface area contributed by atoms with Gasteiger partial charge in [-0.3, -0.25) is 14.5 Å². The van der Waals surface area contributed by atoms with Crippen molar-refractivity contribution in [2.45, 2.75) is 13.0 Å². The third-order valence-corrected chi connectivity index (χ3v) is 3.92. The molecule has 0 spiro atoms. The highest BCUT2D eigenvalue weighted by molar-refractivity contribution is 6.02. The number of piperazine rings is 1. The Morgan fingerprint density at radius 1 is 1.41 bits per heavy atom. The van der Waals surface area contributed by atoms with Gasteiger partial charge >= 0.3 is 0 Å². The fourth-order valence-electron chi connectivity index (χ4n) is 2.76. The molecule has 0 radical (unpaired) electrons. The van der Waals surface area contributed by atoms with Gasteiger partial charge in [-0.05, 0) is 19.1 Å². The fourth-order valence-corrected chi connectivity index (χ4v) is 2.76. The van der Waals surface area contributed by atoms with Crippen LogP contribution in [0.4, 0.5) is 5.69 Å². The Kier molecular flexibility index (Phi) is 5.26. The van der Waals surface area contributed by atoms with E-state index >= 15 is 0 Å². The topological polar surface area (TPSA) is 61.9 Å². The van der Waals surface area contributed by atoms with E-state index in [1.54, 1.807) is 6.07 Å². The van der Waals surface area contributed by atoms with Gasteiger partial charge in [0, 0.05) is 25.7 Å². The third kappa shape index (κ3) is 3.18. The van der Waals surface area contributed by atoms with Gasteiger partial charge in [-0.1, -0.05) is 12.1 Å². The number of amides is 2. The van der Waals surface area contributed by atoms with Gasteiger partial charge in [0.15, 0.2) is 6.61 Å². The third-order valence-electron chi connectivity index (χ3n) is 3.92. The molecule has 6 nitrogen and oxygen atoms in total. The first-order valence-electron chi connectivity index (χ1n) is 7.19. The summed E-state index contributed by atoms with van der Waals surface area (Å²) in [5.41, 5.74) is 0.671. The monoisotopic (exact) mass is 325 g/mol. The number of benzene rings is 1.